The summed E-state index contributed by atoms with van der Waals surface area (Å²) in [7, 11) is 0. The molecule has 0 saturated carbocycles. The van der Waals surface area contributed by atoms with E-state index < -0.39 is 34.4 Å². The quantitative estimate of drug-likeness (QED) is 0.684. The largest absolute Gasteiger partial charge is 0.503 e. The van der Waals surface area contributed by atoms with Crippen molar-refractivity contribution in [1.82, 2.24) is 0 Å². The third-order valence-corrected chi connectivity index (χ3v) is 1.85. The van der Waals surface area contributed by atoms with E-state index in [9.17, 15) is 18.0 Å². The Morgan fingerprint density at radius 2 is 1.73 bits per heavy atom. The Hall–Kier alpha value is -1.98. The minimum Gasteiger partial charge on any atom is -0.503 e. The summed E-state index contributed by atoms with van der Waals surface area (Å²) in [4.78, 5) is 10.7. The molecule has 0 aliphatic carbocycles. The van der Waals surface area contributed by atoms with Gasteiger partial charge in [-0.05, 0) is 12.1 Å². The van der Waals surface area contributed by atoms with E-state index in [1.807, 2.05) is 0 Å². The Bertz CT molecular complexity index is 604. The molecular weight excluding hydrogens is 213 g/mol. The van der Waals surface area contributed by atoms with E-state index >= 15 is 0 Å². The Kier molecular flexibility index (Phi) is 1.92. The minimum atomic E-state index is -1.43. The molecule has 6 heteroatoms. The van der Waals surface area contributed by atoms with E-state index in [4.69, 9.17) is 5.11 Å². The average Bonchev–Trinajstić information content (AvgIpc) is 2.19. The minimum absolute atomic E-state index is 0.278. The van der Waals surface area contributed by atoms with E-state index in [0.717, 1.165) is 0 Å². The zero-order valence-electron chi connectivity index (χ0n) is 7.05. The number of aromatic hydroxyl groups is 1. The molecule has 0 aliphatic heterocycles. The predicted molar refractivity (Wildman–Crippen MR) is 44.0 cm³/mol. The first-order valence-corrected chi connectivity index (χ1v) is 3.81. The number of hydrogen-bond donors (Lipinski definition) is 1. The lowest BCUT2D eigenvalue weighted by atomic mass is 10.2. The highest BCUT2D eigenvalue weighted by Crippen LogP contribution is 2.27. The number of rotatable bonds is 0. The maximum Gasteiger partial charge on any atom is 0.372 e. The lowest BCUT2D eigenvalue weighted by Crippen LogP contribution is -2.04. The third kappa shape index (κ3) is 1.34. The van der Waals surface area contributed by atoms with E-state index in [0.29, 0.717) is 12.1 Å². The molecule has 0 bridgehead atoms. The summed E-state index contributed by atoms with van der Waals surface area (Å²) in [6, 6.07) is 1.30. The van der Waals surface area contributed by atoms with Gasteiger partial charge < -0.3 is 9.52 Å². The van der Waals surface area contributed by atoms with Gasteiger partial charge in [-0.1, -0.05) is 0 Å². The molecule has 0 unspecified atom stereocenters. The third-order valence-electron chi connectivity index (χ3n) is 1.85. The summed E-state index contributed by atoms with van der Waals surface area (Å²) >= 11 is 0. The smallest absolute Gasteiger partial charge is 0.372 e. The van der Waals surface area contributed by atoms with Gasteiger partial charge in [-0.25, -0.2) is 9.18 Å². The van der Waals surface area contributed by atoms with Crippen LogP contribution < -0.4 is 5.63 Å². The van der Waals surface area contributed by atoms with Gasteiger partial charge in [-0.3, -0.25) is 0 Å². The average molecular weight is 216 g/mol. The van der Waals surface area contributed by atoms with Crippen LogP contribution in [0.3, 0.4) is 0 Å². The van der Waals surface area contributed by atoms with Crippen molar-refractivity contribution >= 4 is 11.0 Å². The maximum atomic E-state index is 13.1. The van der Waals surface area contributed by atoms with Crippen molar-refractivity contribution < 1.29 is 22.7 Å². The van der Waals surface area contributed by atoms with Crippen molar-refractivity contribution in [3.8, 4) is 5.75 Å². The van der Waals surface area contributed by atoms with Crippen molar-refractivity contribution in [2.45, 2.75) is 0 Å². The highest BCUT2D eigenvalue weighted by Gasteiger charge is 2.16. The molecule has 1 aromatic carbocycles. The molecule has 0 amide bonds. The predicted octanol–water partition coefficient (Wildman–Crippen LogP) is 1.92. The first kappa shape index (κ1) is 9.57. The summed E-state index contributed by atoms with van der Waals surface area (Å²) in [6.07, 6.45) is 0. The Morgan fingerprint density at radius 3 is 2.40 bits per heavy atom. The van der Waals surface area contributed by atoms with E-state index in [1.165, 1.54) is 0 Å². The lowest BCUT2D eigenvalue weighted by Gasteiger charge is -2.01. The standard InChI is InChI=1S/C9H3F3O3/c10-4-1-3-2-5(11)9(14)15-8(3)6(12)7(4)13/h1-2,13H. The van der Waals surface area contributed by atoms with Gasteiger partial charge in [0.25, 0.3) is 0 Å². The fourth-order valence-corrected chi connectivity index (χ4v) is 1.16. The molecule has 15 heavy (non-hydrogen) atoms. The molecule has 0 spiro atoms. The van der Waals surface area contributed by atoms with Crippen molar-refractivity contribution in [1.29, 1.82) is 0 Å². The number of benzene rings is 1. The van der Waals surface area contributed by atoms with Gasteiger partial charge in [0, 0.05) is 5.39 Å². The first-order valence-electron chi connectivity index (χ1n) is 3.81. The molecule has 0 saturated heterocycles. The second-order valence-corrected chi connectivity index (χ2v) is 2.82. The lowest BCUT2D eigenvalue weighted by molar-refractivity contribution is 0.389. The highest BCUT2D eigenvalue weighted by molar-refractivity contribution is 5.78. The molecule has 78 valence electrons. The first-order chi connectivity index (χ1) is 7.00. The van der Waals surface area contributed by atoms with Gasteiger partial charge >= 0.3 is 5.63 Å². The van der Waals surface area contributed by atoms with Crippen molar-refractivity contribution in [2.75, 3.05) is 0 Å². The van der Waals surface area contributed by atoms with Gasteiger partial charge in [0.15, 0.2) is 17.1 Å². The zero-order valence-corrected chi connectivity index (χ0v) is 7.05. The summed E-state index contributed by atoms with van der Waals surface area (Å²) in [5.41, 5.74) is -2.06. The second-order valence-electron chi connectivity index (χ2n) is 2.82. The summed E-state index contributed by atoms with van der Waals surface area (Å²) in [6.45, 7) is 0. The molecule has 2 aromatic rings. The van der Waals surface area contributed by atoms with Crippen LogP contribution >= 0.6 is 0 Å². The van der Waals surface area contributed by atoms with Gasteiger partial charge in [-0.15, -0.1) is 0 Å². The Morgan fingerprint density at radius 1 is 1.13 bits per heavy atom. The van der Waals surface area contributed by atoms with Crippen LogP contribution in [0.1, 0.15) is 0 Å². The molecule has 0 atom stereocenters. The van der Waals surface area contributed by atoms with Crippen LogP contribution in [0.5, 0.6) is 5.75 Å². The van der Waals surface area contributed by atoms with Crippen LogP contribution in [0.2, 0.25) is 0 Å². The van der Waals surface area contributed by atoms with Gasteiger partial charge in [0.05, 0.1) is 0 Å². The normalized spacial score (nSPS) is 10.9. The van der Waals surface area contributed by atoms with Gasteiger partial charge in [0.1, 0.15) is 0 Å². The van der Waals surface area contributed by atoms with Crippen LogP contribution in [-0.2, 0) is 0 Å². The number of phenols is 1. The summed E-state index contributed by atoms with van der Waals surface area (Å²) in [5, 5.41) is 8.58. The van der Waals surface area contributed by atoms with Crippen LogP contribution in [-0.4, -0.2) is 5.11 Å². The molecule has 2 rings (SSSR count). The molecule has 1 aromatic heterocycles. The van der Waals surface area contributed by atoms with Crippen LogP contribution in [0.15, 0.2) is 21.3 Å². The maximum absolute atomic E-state index is 13.1. The van der Waals surface area contributed by atoms with E-state index in [2.05, 4.69) is 4.42 Å². The van der Waals surface area contributed by atoms with Gasteiger partial charge in [0.2, 0.25) is 11.6 Å². The Labute approximate surface area is 80.4 Å². The van der Waals surface area contributed by atoms with Crippen molar-refractivity contribution in [3.05, 3.63) is 40.0 Å². The van der Waals surface area contributed by atoms with E-state index in [-0.39, 0.29) is 5.39 Å². The number of hydrogen-bond acceptors (Lipinski definition) is 3. The molecule has 0 fully saturated rings. The van der Waals surface area contributed by atoms with Crippen molar-refractivity contribution in [2.24, 2.45) is 0 Å². The molecule has 1 heterocycles. The number of fused-ring (bicyclic) bond motifs is 1. The Balaban J connectivity index is 3.00. The molecule has 3 nitrogen and oxygen atoms in total. The number of halogens is 3. The van der Waals surface area contributed by atoms with Gasteiger partial charge in [-0.2, -0.15) is 8.78 Å². The molecule has 0 radical (unpaired) electrons. The van der Waals surface area contributed by atoms with Crippen LogP contribution in [0, 0.1) is 17.5 Å². The summed E-state index contributed by atoms with van der Waals surface area (Å²) < 4.78 is 42.9. The zero-order chi connectivity index (χ0) is 11.2. The summed E-state index contributed by atoms with van der Waals surface area (Å²) in [5.74, 6) is -5.21. The van der Waals surface area contributed by atoms with Crippen LogP contribution in [0.4, 0.5) is 13.2 Å². The topological polar surface area (TPSA) is 50.4 Å². The molecular formula is C9H3F3O3. The van der Waals surface area contributed by atoms with Crippen molar-refractivity contribution in [3.63, 3.8) is 0 Å². The number of phenolic OH excluding ortho intramolecular Hbond substituents is 1. The van der Waals surface area contributed by atoms with Crippen LogP contribution in [0.25, 0.3) is 11.0 Å². The fourth-order valence-electron chi connectivity index (χ4n) is 1.16. The fraction of sp³-hybridized carbons (Fsp3) is 0. The second kappa shape index (κ2) is 3.01. The molecule has 1 N–H and O–H groups in total. The van der Waals surface area contributed by atoms with E-state index in [1.54, 1.807) is 0 Å². The highest BCUT2D eigenvalue weighted by atomic mass is 19.1. The monoisotopic (exact) mass is 216 g/mol. The molecule has 0 aliphatic rings. The SMILES string of the molecule is O=c1oc2c(F)c(O)c(F)cc2cc1F.